The lowest BCUT2D eigenvalue weighted by atomic mass is 9.83. The maximum Gasteiger partial charge on any atom is 0.294 e. The highest BCUT2D eigenvalue weighted by molar-refractivity contribution is 7.85. The van der Waals surface area contributed by atoms with Crippen molar-refractivity contribution in [2.24, 2.45) is 0 Å². The molecule has 7 nitrogen and oxygen atoms in total. The summed E-state index contributed by atoms with van der Waals surface area (Å²) in [7, 11) is -4.52. The number of hydrogen-bond donors (Lipinski definition) is 3. The minimum atomic E-state index is -4.52. The van der Waals surface area contributed by atoms with E-state index in [2.05, 4.69) is 49.6 Å². The Morgan fingerprint density at radius 1 is 0.646 bits per heavy atom. The SMILES string of the molecule is Cc1cc(C)c(Nc2ccc(C(c3ccc(Nc4c(C)cc(C)c(S(=O)[O-])c4C)c(C)c3)c3ccccc3S(=O)(=O)O)cc2C)c(C)c1. The molecule has 3 N–H and O–H groups in total. The lowest BCUT2D eigenvalue weighted by molar-refractivity contribution is 0.482. The van der Waals surface area contributed by atoms with Crippen molar-refractivity contribution in [3.63, 3.8) is 0 Å². The normalized spacial score (nSPS) is 12.9. The van der Waals surface area contributed by atoms with E-state index in [9.17, 15) is 21.7 Å². The molecule has 0 aliphatic carbocycles. The van der Waals surface area contributed by atoms with Gasteiger partial charge in [0.25, 0.3) is 10.1 Å². The third kappa shape index (κ3) is 7.10. The predicted molar refractivity (Wildman–Crippen MR) is 195 cm³/mol. The second-order valence-electron chi connectivity index (χ2n) is 12.7. The molecule has 9 heteroatoms. The third-order valence-corrected chi connectivity index (χ3v) is 10.8. The standard InChI is InChI=1S/C39H42N2O5S2/c1-22-17-25(4)37(26(5)18-22)40-33-15-13-30(20-23(33)2)36(32-11-9-10-12-35(32)48(44,45)46)31-14-16-34(24(3)21-31)41-38-27(6)19-28(7)39(29(38)8)47(42)43/h9-21,36,40-41H,1-8H3,(H,42,43)(H,44,45,46)/p-1. The number of aryl methyl sites for hydroxylation is 7. The van der Waals surface area contributed by atoms with Crippen LogP contribution in [0.1, 0.15) is 67.1 Å². The first-order chi connectivity index (χ1) is 22.6. The van der Waals surface area contributed by atoms with Crippen molar-refractivity contribution >= 4 is 43.9 Å². The largest absolute Gasteiger partial charge is 0.768 e. The molecule has 2 atom stereocenters. The van der Waals surface area contributed by atoms with Gasteiger partial charge in [-0.3, -0.25) is 8.76 Å². The minimum Gasteiger partial charge on any atom is -0.768 e. The van der Waals surface area contributed by atoms with E-state index in [1.165, 1.54) is 11.6 Å². The highest BCUT2D eigenvalue weighted by atomic mass is 32.2. The molecule has 5 aromatic rings. The minimum absolute atomic E-state index is 0.148. The van der Waals surface area contributed by atoms with Crippen molar-refractivity contribution in [2.75, 3.05) is 10.6 Å². The van der Waals surface area contributed by atoms with E-state index in [1.54, 1.807) is 32.0 Å². The summed E-state index contributed by atoms with van der Waals surface area (Å²) in [6.07, 6.45) is 0. The van der Waals surface area contributed by atoms with Gasteiger partial charge in [0.2, 0.25) is 0 Å². The molecule has 0 spiro atoms. The van der Waals surface area contributed by atoms with E-state index in [4.69, 9.17) is 0 Å². The number of rotatable bonds is 9. The van der Waals surface area contributed by atoms with E-state index in [0.29, 0.717) is 16.7 Å². The average Bonchev–Trinajstić information content (AvgIpc) is 2.98. The monoisotopic (exact) mass is 681 g/mol. The molecular formula is C39H41N2O5S2-. The summed E-state index contributed by atoms with van der Waals surface area (Å²) in [6, 6.07) is 24.6. The molecule has 0 amide bonds. The molecule has 0 aliphatic rings. The Bertz CT molecular complexity index is 2170. The van der Waals surface area contributed by atoms with Gasteiger partial charge < -0.3 is 15.2 Å². The zero-order valence-corrected chi connectivity index (χ0v) is 30.1. The van der Waals surface area contributed by atoms with Crippen LogP contribution in [0.4, 0.5) is 22.7 Å². The first-order valence-electron chi connectivity index (χ1n) is 15.7. The quantitative estimate of drug-likeness (QED) is 0.0806. The van der Waals surface area contributed by atoms with Gasteiger partial charge in [0.15, 0.2) is 0 Å². The van der Waals surface area contributed by atoms with Crippen molar-refractivity contribution in [3.8, 4) is 0 Å². The fourth-order valence-electron chi connectivity index (χ4n) is 6.78. The highest BCUT2D eigenvalue weighted by Gasteiger charge is 2.26. The molecule has 0 heterocycles. The van der Waals surface area contributed by atoms with Gasteiger partial charge in [0.1, 0.15) is 0 Å². The fraction of sp³-hybridized carbons (Fsp3) is 0.231. The number of anilines is 4. The molecule has 0 aromatic heterocycles. The number of nitrogens with one attached hydrogen (secondary N) is 2. The Morgan fingerprint density at radius 3 is 1.65 bits per heavy atom. The maximum absolute atomic E-state index is 12.6. The van der Waals surface area contributed by atoms with Gasteiger partial charge in [0.05, 0.1) is 4.90 Å². The molecule has 0 saturated carbocycles. The van der Waals surface area contributed by atoms with E-state index in [1.807, 2.05) is 57.2 Å². The lowest BCUT2D eigenvalue weighted by Crippen LogP contribution is -2.11. The van der Waals surface area contributed by atoms with Crippen LogP contribution in [0, 0.1) is 55.4 Å². The first-order valence-corrected chi connectivity index (χ1v) is 18.2. The first kappa shape index (κ1) is 35.0. The van der Waals surface area contributed by atoms with Crippen LogP contribution in [0.2, 0.25) is 0 Å². The van der Waals surface area contributed by atoms with E-state index >= 15 is 0 Å². The van der Waals surface area contributed by atoms with Crippen LogP contribution in [0.15, 0.2) is 88.7 Å². The molecule has 0 aliphatic heterocycles. The second-order valence-corrected chi connectivity index (χ2v) is 15.0. The Labute approximate surface area is 286 Å². The van der Waals surface area contributed by atoms with E-state index < -0.39 is 27.1 Å². The zero-order valence-electron chi connectivity index (χ0n) is 28.5. The molecule has 0 fully saturated rings. The topological polar surface area (TPSA) is 119 Å². The van der Waals surface area contributed by atoms with Gasteiger partial charge >= 0.3 is 0 Å². The summed E-state index contributed by atoms with van der Waals surface area (Å²) in [5.74, 6) is -0.524. The van der Waals surface area contributed by atoms with Crippen LogP contribution >= 0.6 is 0 Å². The van der Waals surface area contributed by atoms with Crippen LogP contribution in [-0.2, 0) is 21.2 Å². The summed E-state index contributed by atoms with van der Waals surface area (Å²) in [5, 5.41) is 7.04. The van der Waals surface area contributed by atoms with Gasteiger partial charge in [-0.2, -0.15) is 8.42 Å². The smallest absolute Gasteiger partial charge is 0.294 e. The average molecular weight is 682 g/mol. The molecule has 2 unspecified atom stereocenters. The van der Waals surface area contributed by atoms with Crippen molar-refractivity contribution < 1.29 is 21.7 Å². The van der Waals surface area contributed by atoms with Gasteiger partial charge in [-0.25, -0.2) is 0 Å². The van der Waals surface area contributed by atoms with Crippen molar-refractivity contribution in [1.82, 2.24) is 0 Å². The van der Waals surface area contributed by atoms with Crippen LogP contribution in [-0.4, -0.2) is 21.7 Å². The molecular weight excluding hydrogens is 641 g/mol. The van der Waals surface area contributed by atoms with Crippen LogP contribution < -0.4 is 10.6 Å². The van der Waals surface area contributed by atoms with Crippen LogP contribution in [0.3, 0.4) is 0 Å². The van der Waals surface area contributed by atoms with Crippen LogP contribution in [0.25, 0.3) is 0 Å². The van der Waals surface area contributed by atoms with Crippen molar-refractivity contribution in [2.45, 2.75) is 71.1 Å². The predicted octanol–water partition coefficient (Wildman–Crippen LogP) is 9.31. The van der Waals surface area contributed by atoms with E-state index in [-0.39, 0.29) is 9.79 Å². The molecule has 0 bridgehead atoms. The summed E-state index contributed by atoms with van der Waals surface area (Å²) in [5.41, 5.74) is 13.3. The lowest BCUT2D eigenvalue weighted by Gasteiger charge is -2.24. The second kappa shape index (κ2) is 13.7. The highest BCUT2D eigenvalue weighted by Crippen LogP contribution is 2.40. The summed E-state index contributed by atoms with van der Waals surface area (Å²) >= 11 is -2.38. The molecule has 250 valence electrons. The van der Waals surface area contributed by atoms with Crippen molar-refractivity contribution in [1.29, 1.82) is 0 Å². The molecule has 5 aromatic carbocycles. The Kier molecular flexibility index (Phi) is 9.99. The third-order valence-electron chi connectivity index (χ3n) is 8.94. The van der Waals surface area contributed by atoms with Gasteiger partial charge in [0, 0.05) is 33.6 Å². The zero-order chi connectivity index (χ0) is 35.1. The molecule has 5 rings (SSSR count). The molecule has 48 heavy (non-hydrogen) atoms. The van der Waals surface area contributed by atoms with Gasteiger partial charge in [-0.05, 0) is 140 Å². The number of hydrogen-bond acceptors (Lipinski definition) is 6. The number of benzene rings is 5. The summed E-state index contributed by atoms with van der Waals surface area (Å²) in [6.45, 7) is 15.7. The summed E-state index contributed by atoms with van der Waals surface area (Å²) < 4.78 is 59.5. The fourth-order valence-corrected chi connectivity index (χ4v) is 8.19. The van der Waals surface area contributed by atoms with Crippen molar-refractivity contribution in [3.05, 3.63) is 140 Å². The van der Waals surface area contributed by atoms with Gasteiger partial charge in [-0.1, -0.05) is 66.2 Å². The van der Waals surface area contributed by atoms with Crippen LogP contribution in [0.5, 0.6) is 0 Å². The Hall–Kier alpha value is -4.28. The van der Waals surface area contributed by atoms with Gasteiger partial charge in [-0.15, -0.1) is 0 Å². The molecule has 0 radical (unpaired) electrons. The van der Waals surface area contributed by atoms with E-state index in [0.717, 1.165) is 61.7 Å². The Morgan fingerprint density at radius 2 is 1.15 bits per heavy atom. The molecule has 0 saturated heterocycles. The maximum atomic E-state index is 12.6. The summed E-state index contributed by atoms with van der Waals surface area (Å²) in [4.78, 5) is 0.130. The Balaban J connectivity index is 1.61.